The smallest absolute Gasteiger partial charge is 0.331 e. The van der Waals surface area contributed by atoms with Crippen LogP contribution in [0.15, 0.2) is 35.5 Å². The summed E-state index contributed by atoms with van der Waals surface area (Å²) < 4.78 is 4.53. The Kier molecular flexibility index (Phi) is 4.03. The van der Waals surface area contributed by atoms with Crippen molar-refractivity contribution in [3.05, 3.63) is 35.5 Å². The Balaban J connectivity index is 0.000000151. The molecule has 0 aromatic heterocycles. The van der Waals surface area contributed by atoms with Crippen LogP contribution in [0.4, 0.5) is 0 Å². The molecule has 2 rings (SSSR count). The minimum absolute atomic E-state index is 0.211. The SMILES string of the molecule is CC1=CC(=O)CC=C1.CC1=CC(=O)OC1. The first kappa shape index (κ1) is 11.4. The van der Waals surface area contributed by atoms with Crippen LogP contribution in [0.2, 0.25) is 0 Å². The van der Waals surface area contributed by atoms with Crippen molar-refractivity contribution in [3.8, 4) is 0 Å². The van der Waals surface area contributed by atoms with Crippen LogP contribution in [0.5, 0.6) is 0 Å². The first-order valence-electron chi connectivity index (χ1n) is 4.79. The van der Waals surface area contributed by atoms with Gasteiger partial charge in [-0.2, -0.15) is 0 Å². The minimum atomic E-state index is -0.211. The second-order valence-corrected chi connectivity index (χ2v) is 3.56. The average Bonchev–Trinajstić information content (AvgIpc) is 2.50. The molecule has 1 aliphatic carbocycles. The first-order chi connectivity index (χ1) is 7.08. The van der Waals surface area contributed by atoms with Crippen molar-refractivity contribution >= 4 is 11.8 Å². The third kappa shape index (κ3) is 4.40. The number of rotatable bonds is 0. The fourth-order valence-electron chi connectivity index (χ4n) is 1.19. The van der Waals surface area contributed by atoms with Crippen LogP contribution in [0.3, 0.4) is 0 Å². The third-order valence-corrected chi connectivity index (χ3v) is 1.89. The lowest BCUT2D eigenvalue weighted by atomic mass is 10.1. The Morgan fingerprint density at radius 2 is 1.93 bits per heavy atom. The predicted octanol–water partition coefficient (Wildman–Crippen LogP) is 1.95. The lowest BCUT2D eigenvalue weighted by Crippen LogP contribution is -1.94. The monoisotopic (exact) mass is 206 g/mol. The van der Waals surface area contributed by atoms with Gasteiger partial charge < -0.3 is 4.74 Å². The number of esters is 1. The van der Waals surface area contributed by atoms with Crippen molar-refractivity contribution in [3.63, 3.8) is 0 Å². The van der Waals surface area contributed by atoms with Crippen molar-refractivity contribution in [1.82, 2.24) is 0 Å². The summed E-state index contributed by atoms with van der Waals surface area (Å²) in [7, 11) is 0. The number of ketones is 1. The van der Waals surface area contributed by atoms with Crippen LogP contribution in [-0.2, 0) is 14.3 Å². The highest BCUT2D eigenvalue weighted by molar-refractivity contribution is 5.92. The highest BCUT2D eigenvalue weighted by Gasteiger charge is 2.06. The van der Waals surface area contributed by atoms with Gasteiger partial charge in [-0.3, -0.25) is 4.79 Å². The Morgan fingerprint density at radius 1 is 1.20 bits per heavy atom. The molecule has 3 nitrogen and oxygen atoms in total. The molecule has 0 fully saturated rings. The molecule has 0 radical (unpaired) electrons. The van der Waals surface area contributed by atoms with Crippen molar-refractivity contribution < 1.29 is 14.3 Å². The van der Waals surface area contributed by atoms with E-state index in [-0.39, 0.29) is 11.8 Å². The van der Waals surface area contributed by atoms with Crippen molar-refractivity contribution in [2.24, 2.45) is 0 Å². The van der Waals surface area contributed by atoms with Gasteiger partial charge in [-0.05, 0) is 31.1 Å². The molecule has 0 unspecified atom stereocenters. The van der Waals surface area contributed by atoms with Gasteiger partial charge in [-0.25, -0.2) is 4.79 Å². The highest BCUT2D eigenvalue weighted by atomic mass is 16.5. The fraction of sp³-hybridized carbons (Fsp3) is 0.333. The molecule has 3 heteroatoms. The minimum Gasteiger partial charge on any atom is -0.458 e. The Labute approximate surface area is 89.1 Å². The number of hydrogen-bond acceptors (Lipinski definition) is 3. The van der Waals surface area contributed by atoms with Crippen LogP contribution < -0.4 is 0 Å². The lowest BCUT2D eigenvalue weighted by molar-refractivity contribution is -0.134. The van der Waals surface area contributed by atoms with Crippen LogP contribution >= 0.6 is 0 Å². The molecule has 1 heterocycles. The van der Waals surface area contributed by atoms with E-state index in [1.165, 1.54) is 6.08 Å². The molecular formula is C12H14O3. The molecule has 0 atom stereocenters. The predicted molar refractivity (Wildman–Crippen MR) is 57.2 cm³/mol. The van der Waals surface area contributed by atoms with E-state index in [1.54, 1.807) is 6.08 Å². The second-order valence-electron chi connectivity index (χ2n) is 3.56. The number of cyclic esters (lactones) is 1. The second kappa shape index (κ2) is 5.29. The summed E-state index contributed by atoms with van der Waals surface area (Å²) in [4.78, 5) is 20.7. The zero-order valence-corrected chi connectivity index (χ0v) is 8.95. The zero-order chi connectivity index (χ0) is 11.3. The Bertz CT molecular complexity index is 359. The van der Waals surface area contributed by atoms with E-state index < -0.39 is 0 Å². The molecule has 0 saturated carbocycles. The number of hydrogen-bond donors (Lipinski definition) is 0. The van der Waals surface area contributed by atoms with Gasteiger partial charge in [-0.15, -0.1) is 0 Å². The van der Waals surface area contributed by atoms with Gasteiger partial charge in [0.05, 0.1) is 0 Å². The number of ether oxygens (including phenoxy) is 1. The van der Waals surface area contributed by atoms with Gasteiger partial charge in [-0.1, -0.05) is 12.2 Å². The van der Waals surface area contributed by atoms with Gasteiger partial charge in [0.1, 0.15) is 6.61 Å². The Morgan fingerprint density at radius 3 is 2.20 bits per heavy atom. The maximum atomic E-state index is 10.5. The van der Waals surface area contributed by atoms with Gasteiger partial charge in [0, 0.05) is 12.5 Å². The molecule has 0 bridgehead atoms. The van der Waals surface area contributed by atoms with E-state index in [0.29, 0.717) is 13.0 Å². The highest BCUT2D eigenvalue weighted by Crippen LogP contribution is 2.04. The summed E-state index contributed by atoms with van der Waals surface area (Å²) in [5.41, 5.74) is 2.06. The summed E-state index contributed by atoms with van der Waals surface area (Å²) in [6.45, 7) is 4.28. The lowest BCUT2D eigenvalue weighted by Gasteiger charge is -1.96. The number of carbonyl (C=O) groups excluding carboxylic acids is 2. The molecule has 0 amide bonds. The summed E-state index contributed by atoms with van der Waals surface area (Å²) in [5, 5.41) is 0. The van der Waals surface area contributed by atoms with E-state index in [1.807, 2.05) is 26.0 Å². The van der Waals surface area contributed by atoms with Crippen molar-refractivity contribution in [2.75, 3.05) is 6.61 Å². The van der Waals surface area contributed by atoms with Crippen molar-refractivity contribution in [1.29, 1.82) is 0 Å². The zero-order valence-electron chi connectivity index (χ0n) is 8.95. The van der Waals surface area contributed by atoms with Crippen molar-refractivity contribution in [2.45, 2.75) is 20.3 Å². The average molecular weight is 206 g/mol. The van der Waals surface area contributed by atoms with E-state index in [4.69, 9.17) is 0 Å². The third-order valence-electron chi connectivity index (χ3n) is 1.89. The molecule has 0 spiro atoms. The normalized spacial score (nSPS) is 18.8. The molecule has 0 aromatic rings. The molecule has 15 heavy (non-hydrogen) atoms. The molecule has 0 aromatic carbocycles. The summed E-state index contributed by atoms with van der Waals surface area (Å²) in [6.07, 6.45) is 7.59. The summed E-state index contributed by atoms with van der Waals surface area (Å²) in [6, 6.07) is 0. The molecule has 2 aliphatic rings. The molecule has 1 aliphatic heterocycles. The maximum Gasteiger partial charge on any atom is 0.331 e. The van der Waals surface area contributed by atoms with Crippen LogP contribution in [0.1, 0.15) is 20.3 Å². The number of allylic oxidation sites excluding steroid dienone is 4. The van der Waals surface area contributed by atoms with Crippen LogP contribution in [-0.4, -0.2) is 18.4 Å². The Hall–Kier alpha value is -1.64. The van der Waals surface area contributed by atoms with E-state index >= 15 is 0 Å². The van der Waals surface area contributed by atoms with E-state index in [0.717, 1.165) is 11.1 Å². The summed E-state index contributed by atoms with van der Waals surface area (Å²) >= 11 is 0. The topological polar surface area (TPSA) is 43.4 Å². The number of carbonyl (C=O) groups is 2. The molecule has 80 valence electrons. The van der Waals surface area contributed by atoms with Gasteiger partial charge in [0.15, 0.2) is 5.78 Å². The molecule has 0 N–H and O–H groups in total. The van der Waals surface area contributed by atoms with E-state index in [9.17, 15) is 9.59 Å². The van der Waals surface area contributed by atoms with E-state index in [2.05, 4.69) is 4.74 Å². The summed E-state index contributed by atoms with van der Waals surface area (Å²) in [5.74, 6) is 0.00231. The van der Waals surface area contributed by atoms with Gasteiger partial charge in [0.2, 0.25) is 0 Å². The maximum absolute atomic E-state index is 10.5. The van der Waals surface area contributed by atoms with Crippen LogP contribution in [0.25, 0.3) is 0 Å². The molecular weight excluding hydrogens is 192 g/mol. The largest absolute Gasteiger partial charge is 0.458 e. The van der Waals surface area contributed by atoms with Crippen LogP contribution in [0, 0.1) is 0 Å². The standard InChI is InChI=1S/C7H8O.C5H6O2/c1-6-3-2-4-7(8)5-6;1-4-2-5(6)7-3-4/h2-3,5H,4H2,1H3;2H,3H2,1H3. The molecule has 0 saturated heterocycles. The quantitative estimate of drug-likeness (QED) is 0.569. The van der Waals surface area contributed by atoms with Gasteiger partial charge >= 0.3 is 5.97 Å². The first-order valence-corrected chi connectivity index (χ1v) is 4.79. The van der Waals surface area contributed by atoms with Gasteiger partial charge in [0.25, 0.3) is 0 Å². The fourth-order valence-corrected chi connectivity index (χ4v) is 1.19.